The summed E-state index contributed by atoms with van der Waals surface area (Å²) in [6, 6.07) is 0. The monoisotopic (exact) mass is 297 g/mol. The van der Waals surface area contributed by atoms with Gasteiger partial charge in [-0.2, -0.15) is 8.42 Å². The van der Waals surface area contributed by atoms with Crippen molar-refractivity contribution in [3.05, 3.63) is 0 Å². The smallest absolute Gasteiger partial charge is 0.197 e. The Bertz CT molecular complexity index is 308. The first-order valence-electron chi connectivity index (χ1n) is 6.73. The molecule has 0 amide bonds. The van der Waals surface area contributed by atoms with E-state index in [1.165, 1.54) is 6.26 Å². The second-order valence-corrected chi connectivity index (χ2v) is 11.8. The van der Waals surface area contributed by atoms with Crippen LogP contribution in [0.1, 0.15) is 41.5 Å². The van der Waals surface area contributed by atoms with Gasteiger partial charge in [0.1, 0.15) is 0 Å². The molecule has 0 aromatic heterocycles. The van der Waals surface area contributed by atoms with Crippen molar-refractivity contribution in [3.63, 3.8) is 0 Å². The lowest BCUT2D eigenvalue weighted by molar-refractivity contribution is 0.494. The van der Waals surface area contributed by atoms with Gasteiger partial charge in [-0.15, -0.1) is 3.97 Å². The van der Waals surface area contributed by atoms with E-state index >= 15 is 0 Å². The lowest BCUT2D eigenvalue weighted by Crippen LogP contribution is -2.22. The fourth-order valence-electron chi connectivity index (χ4n) is 2.60. The molecular formula is C13H30O3PS+. The Morgan fingerprint density at radius 2 is 1.11 bits per heavy atom. The Kier molecular flexibility index (Phi) is 7.35. The van der Waals surface area contributed by atoms with Crippen LogP contribution < -0.4 is 0 Å². The van der Waals surface area contributed by atoms with Gasteiger partial charge in [0, 0.05) is 0 Å². The normalized spacial score (nSPS) is 13.9. The first-order valence-corrected chi connectivity index (χ1v) is 10.8. The van der Waals surface area contributed by atoms with Gasteiger partial charge < -0.3 is 0 Å². The molecule has 18 heavy (non-hydrogen) atoms. The van der Waals surface area contributed by atoms with Crippen LogP contribution in [0, 0.1) is 17.8 Å². The van der Waals surface area contributed by atoms with Gasteiger partial charge in [-0.05, 0) is 17.8 Å². The van der Waals surface area contributed by atoms with Crippen LogP contribution in [0.25, 0.3) is 0 Å². The summed E-state index contributed by atoms with van der Waals surface area (Å²) in [5, 5.41) is 0. The Morgan fingerprint density at radius 1 is 0.833 bits per heavy atom. The average Bonchev–Trinajstić information content (AvgIpc) is 1.92. The lowest BCUT2D eigenvalue weighted by Gasteiger charge is -2.28. The van der Waals surface area contributed by atoms with Gasteiger partial charge >= 0.3 is 0 Å². The van der Waals surface area contributed by atoms with E-state index in [2.05, 4.69) is 41.5 Å². The Hall–Kier alpha value is 0.340. The molecule has 0 fully saturated rings. The van der Waals surface area contributed by atoms with Crippen molar-refractivity contribution < 1.29 is 12.4 Å². The minimum absolute atomic E-state index is 0.470. The molecule has 0 aliphatic rings. The van der Waals surface area contributed by atoms with Gasteiger partial charge in [0.2, 0.25) is 0 Å². The molecular weight excluding hydrogens is 267 g/mol. The van der Waals surface area contributed by atoms with E-state index in [-0.39, 0.29) is 0 Å². The minimum atomic E-state index is -3.37. The fraction of sp³-hybridized carbons (Fsp3) is 1.00. The van der Waals surface area contributed by atoms with Crippen LogP contribution in [0.5, 0.6) is 0 Å². The Balaban J connectivity index is 5.23. The highest BCUT2D eigenvalue weighted by Gasteiger charge is 2.45. The molecule has 5 heteroatoms. The predicted octanol–water partition coefficient (Wildman–Crippen LogP) is 3.86. The molecule has 0 N–H and O–H groups in total. The topological polar surface area (TPSA) is 43.4 Å². The van der Waals surface area contributed by atoms with Gasteiger partial charge in [0.15, 0.2) is 7.49 Å². The van der Waals surface area contributed by atoms with Crippen LogP contribution in [0.4, 0.5) is 0 Å². The van der Waals surface area contributed by atoms with Gasteiger partial charge in [-0.25, -0.2) is 0 Å². The Morgan fingerprint density at radius 3 is 1.28 bits per heavy atom. The maximum atomic E-state index is 11.6. The lowest BCUT2D eigenvalue weighted by atomic mass is 10.3. The fourth-order valence-corrected chi connectivity index (χ4v) is 10.1. The third-order valence-corrected chi connectivity index (χ3v) is 8.92. The zero-order chi connectivity index (χ0) is 14.6. The third-order valence-electron chi connectivity index (χ3n) is 2.39. The van der Waals surface area contributed by atoms with Crippen molar-refractivity contribution in [2.75, 3.05) is 24.7 Å². The molecule has 0 rings (SSSR count). The highest BCUT2D eigenvalue weighted by Crippen LogP contribution is 2.64. The van der Waals surface area contributed by atoms with Crippen LogP contribution in [0.15, 0.2) is 0 Å². The molecule has 110 valence electrons. The van der Waals surface area contributed by atoms with Crippen LogP contribution in [-0.4, -0.2) is 33.2 Å². The summed E-state index contributed by atoms with van der Waals surface area (Å²) in [4.78, 5) is 0. The first kappa shape index (κ1) is 18.3. The van der Waals surface area contributed by atoms with Gasteiger partial charge in [0.25, 0.3) is 10.1 Å². The molecule has 0 spiro atoms. The van der Waals surface area contributed by atoms with E-state index in [9.17, 15) is 8.42 Å². The first-order chi connectivity index (χ1) is 7.96. The molecule has 0 aliphatic carbocycles. The zero-order valence-electron chi connectivity index (χ0n) is 12.9. The molecule has 0 saturated carbocycles. The van der Waals surface area contributed by atoms with Crippen LogP contribution in [0.2, 0.25) is 0 Å². The molecule has 0 atom stereocenters. The van der Waals surface area contributed by atoms with Gasteiger partial charge in [-0.1, -0.05) is 41.5 Å². The van der Waals surface area contributed by atoms with Crippen molar-refractivity contribution >= 4 is 17.6 Å². The van der Waals surface area contributed by atoms with E-state index in [4.69, 9.17) is 3.97 Å². The molecule has 0 aromatic rings. The minimum Gasteiger partial charge on any atom is -0.197 e. The van der Waals surface area contributed by atoms with E-state index in [0.29, 0.717) is 17.8 Å². The summed E-state index contributed by atoms with van der Waals surface area (Å²) in [7, 11) is -5.24. The molecule has 0 bridgehead atoms. The predicted molar refractivity (Wildman–Crippen MR) is 82.0 cm³/mol. The van der Waals surface area contributed by atoms with Crippen molar-refractivity contribution in [2.45, 2.75) is 41.5 Å². The van der Waals surface area contributed by atoms with Crippen molar-refractivity contribution in [3.8, 4) is 0 Å². The molecule has 0 aliphatic heterocycles. The van der Waals surface area contributed by atoms with E-state index in [0.717, 1.165) is 18.5 Å². The van der Waals surface area contributed by atoms with Crippen LogP contribution >= 0.6 is 7.49 Å². The van der Waals surface area contributed by atoms with Gasteiger partial charge in [0.05, 0.1) is 24.7 Å². The molecule has 0 heterocycles. The van der Waals surface area contributed by atoms with Gasteiger partial charge in [-0.3, -0.25) is 0 Å². The zero-order valence-corrected chi connectivity index (χ0v) is 14.6. The standard InChI is InChI=1S/C13H30O3PS/c1-11(2)8-17(9-12(3)4,10-13(5)6)16-18(7,14)15/h11-13H,8-10H2,1-7H3/q+1. The summed E-state index contributed by atoms with van der Waals surface area (Å²) in [5.74, 6) is 1.41. The summed E-state index contributed by atoms with van der Waals surface area (Å²) in [6.45, 7) is 12.8. The van der Waals surface area contributed by atoms with Crippen molar-refractivity contribution in [1.29, 1.82) is 0 Å². The molecule has 0 unspecified atom stereocenters. The quantitative estimate of drug-likeness (QED) is 0.639. The van der Waals surface area contributed by atoms with E-state index in [1.54, 1.807) is 0 Å². The second kappa shape index (κ2) is 7.21. The highest BCUT2D eigenvalue weighted by molar-refractivity contribution is 7.93. The number of hydrogen-bond donors (Lipinski definition) is 0. The summed E-state index contributed by atoms with van der Waals surface area (Å²) in [6.07, 6.45) is 3.88. The maximum Gasteiger partial charge on any atom is 0.296 e. The second-order valence-electron chi connectivity index (χ2n) is 6.57. The SMILES string of the molecule is CC(C)C[P+](CC(C)C)(CC(C)C)OS(C)(=O)=O. The molecule has 0 saturated heterocycles. The summed E-state index contributed by atoms with van der Waals surface area (Å²) >= 11 is 0. The number of hydrogen-bond acceptors (Lipinski definition) is 3. The average molecular weight is 297 g/mol. The number of rotatable bonds is 8. The van der Waals surface area contributed by atoms with Crippen molar-refractivity contribution in [2.24, 2.45) is 17.8 Å². The maximum absolute atomic E-state index is 11.6. The highest BCUT2D eigenvalue weighted by atomic mass is 32.2. The molecule has 0 radical (unpaired) electrons. The van der Waals surface area contributed by atoms with E-state index in [1.807, 2.05) is 0 Å². The third kappa shape index (κ3) is 8.44. The van der Waals surface area contributed by atoms with Crippen LogP contribution in [0.3, 0.4) is 0 Å². The Labute approximate surface area is 114 Å². The summed E-state index contributed by atoms with van der Waals surface area (Å²) < 4.78 is 28.8. The molecule has 3 nitrogen and oxygen atoms in total. The van der Waals surface area contributed by atoms with E-state index < -0.39 is 17.6 Å². The van der Waals surface area contributed by atoms with Crippen molar-refractivity contribution in [1.82, 2.24) is 0 Å². The van der Waals surface area contributed by atoms with Crippen LogP contribution in [-0.2, 0) is 14.1 Å². The molecule has 0 aromatic carbocycles. The largest absolute Gasteiger partial charge is 0.296 e. The summed E-state index contributed by atoms with van der Waals surface area (Å²) in [5.41, 5.74) is 0.